The highest BCUT2D eigenvalue weighted by atomic mass is 127. The third kappa shape index (κ3) is 7.96. The maximum Gasteiger partial charge on any atom is 0.245 e. The lowest BCUT2D eigenvalue weighted by atomic mass is 10.2. The minimum absolute atomic E-state index is 0.0213. The first-order chi connectivity index (χ1) is 25.0. The van der Waals surface area contributed by atoms with Crippen LogP contribution in [0.25, 0.3) is 11.4 Å². The summed E-state index contributed by atoms with van der Waals surface area (Å²) in [5.41, 5.74) is 2.17. The van der Waals surface area contributed by atoms with E-state index in [1.807, 2.05) is 34.7 Å². The zero-order valence-corrected chi connectivity index (χ0v) is 32.2. The van der Waals surface area contributed by atoms with Gasteiger partial charge in [0.2, 0.25) is 25.7 Å². The summed E-state index contributed by atoms with van der Waals surface area (Å²) in [6.07, 6.45) is 0. The number of sulfonamides is 1. The van der Waals surface area contributed by atoms with Crippen molar-refractivity contribution in [3.05, 3.63) is 136 Å². The molecule has 0 radical (unpaired) electrons. The first-order valence-corrected chi connectivity index (χ1v) is 19.8. The molecule has 0 N–H and O–H groups in total. The molecule has 1 heterocycles. The van der Waals surface area contributed by atoms with E-state index in [4.69, 9.17) is 14.2 Å². The molecule has 0 atom stereocenters. The number of ether oxygens (including phenoxy) is 3. The minimum Gasteiger partial charge on any atom is -0.497 e. The molecule has 1 aromatic heterocycles. The summed E-state index contributed by atoms with van der Waals surface area (Å²) in [5, 5.41) is 13.0. The molecule has 15 heteroatoms. The van der Waals surface area contributed by atoms with E-state index < -0.39 is 29.7 Å². The number of hydrogen-bond donors (Lipinski definition) is 0. The SMILES string of the molecule is COc1ccc(CN(Cc2ccc(OC)cc2)S(=O)(=O)c2c(S(=O)(=O)c3ccccc3)ccc(I)c2-c2nnn(Cc3ccc(OC)cc3)n2)cc1. The number of benzene rings is 5. The van der Waals surface area contributed by atoms with Gasteiger partial charge in [-0.3, -0.25) is 0 Å². The number of tetrazole rings is 1. The molecule has 52 heavy (non-hydrogen) atoms. The van der Waals surface area contributed by atoms with Crippen LogP contribution in [0.4, 0.5) is 0 Å². The maximum atomic E-state index is 15.3. The fourth-order valence-electron chi connectivity index (χ4n) is 5.47. The molecule has 268 valence electrons. The zero-order chi connectivity index (χ0) is 36.9. The smallest absolute Gasteiger partial charge is 0.245 e. The Morgan fingerprint density at radius 2 is 1.15 bits per heavy atom. The molecule has 0 amide bonds. The van der Waals surface area contributed by atoms with Crippen LogP contribution < -0.4 is 14.2 Å². The van der Waals surface area contributed by atoms with Crippen LogP contribution in [0.2, 0.25) is 0 Å². The zero-order valence-electron chi connectivity index (χ0n) is 28.4. The van der Waals surface area contributed by atoms with Crippen LogP contribution in [0.1, 0.15) is 16.7 Å². The molecule has 0 saturated carbocycles. The van der Waals surface area contributed by atoms with E-state index in [0.717, 1.165) is 5.56 Å². The van der Waals surface area contributed by atoms with Crippen LogP contribution >= 0.6 is 22.6 Å². The van der Waals surface area contributed by atoms with Gasteiger partial charge in [0.15, 0.2) is 0 Å². The molecule has 0 bridgehead atoms. The summed E-state index contributed by atoms with van der Waals surface area (Å²) < 4.78 is 76.9. The van der Waals surface area contributed by atoms with Crippen LogP contribution in [0.5, 0.6) is 17.2 Å². The standard InChI is InChI=1S/C37H34IN5O7S2/c1-48-29-15-9-26(10-16-29)23-42(24-27-11-17-30(49-2)18-12-27)52(46,47)36-34(51(44,45)32-7-5-4-6-8-32)22-21-33(38)35(36)37-39-41-43(40-37)25-28-13-19-31(50-3)20-14-28/h4-22H,23-25H2,1-3H3. The first kappa shape index (κ1) is 36.9. The summed E-state index contributed by atoms with van der Waals surface area (Å²) in [6.45, 7) is 0.0378. The third-order valence-corrected chi connectivity index (χ3v) is 12.9. The average Bonchev–Trinajstić information content (AvgIpc) is 3.63. The Morgan fingerprint density at radius 1 is 0.654 bits per heavy atom. The van der Waals surface area contributed by atoms with Crippen LogP contribution in [0, 0.1) is 3.57 Å². The van der Waals surface area contributed by atoms with Gasteiger partial charge in [-0.2, -0.15) is 9.10 Å². The summed E-state index contributed by atoms with van der Waals surface area (Å²) in [4.78, 5) is 0.407. The van der Waals surface area contributed by atoms with E-state index in [1.165, 1.54) is 27.3 Å². The number of sulfone groups is 1. The molecule has 0 aliphatic rings. The second-order valence-electron chi connectivity index (χ2n) is 11.5. The van der Waals surface area contributed by atoms with Crippen molar-refractivity contribution >= 4 is 42.5 Å². The molecule has 6 aromatic rings. The number of nitrogens with zero attached hydrogens (tertiary/aromatic N) is 5. The summed E-state index contributed by atoms with van der Waals surface area (Å²) in [5.74, 6) is 1.85. The molecule has 6 rings (SSSR count). The molecule has 5 aromatic carbocycles. The largest absolute Gasteiger partial charge is 0.497 e. The van der Waals surface area contributed by atoms with Gasteiger partial charge in [-0.25, -0.2) is 16.8 Å². The lowest BCUT2D eigenvalue weighted by Gasteiger charge is -2.25. The highest BCUT2D eigenvalue weighted by Gasteiger charge is 2.37. The average molecular weight is 852 g/mol. The van der Waals surface area contributed by atoms with Crippen molar-refractivity contribution in [1.29, 1.82) is 0 Å². The van der Waals surface area contributed by atoms with Gasteiger partial charge < -0.3 is 14.2 Å². The fourth-order valence-corrected chi connectivity index (χ4v) is 10.0. The van der Waals surface area contributed by atoms with Crippen molar-refractivity contribution in [2.24, 2.45) is 0 Å². The summed E-state index contributed by atoms with van der Waals surface area (Å²) >= 11 is 1.98. The third-order valence-electron chi connectivity index (χ3n) is 8.21. The van der Waals surface area contributed by atoms with E-state index in [2.05, 4.69) is 15.4 Å². The van der Waals surface area contributed by atoms with E-state index in [9.17, 15) is 8.42 Å². The first-order valence-electron chi connectivity index (χ1n) is 15.8. The second kappa shape index (κ2) is 15.8. The Bertz CT molecular complexity index is 2320. The molecule has 0 saturated heterocycles. The number of hydrogen-bond acceptors (Lipinski definition) is 10. The predicted molar refractivity (Wildman–Crippen MR) is 202 cm³/mol. The number of methoxy groups -OCH3 is 3. The van der Waals surface area contributed by atoms with Gasteiger partial charge in [-0.05, 0) is 105 Å². The van der Waals surface area contributed by atoms with Gasteiger partial charge in [-0.1, -0.05) is 54.6 Å². The quantitative estimate of drug-likeness (QED) is 0.116. The van der Waals surface area contributed by atoms with E-state index in [1.54, 1.807) is 106 Å². The second-order valence-corrected chi connectivity index (χ2v) is 16.5. The normalized spacial score (nSPS) is 11.8. The minimum atomic E-state index is -4.65. The maximum absolute atomic E-state index is 15.3. The highest BCUT2D eigenvalue weighted by molar-refractivity contribution is 14.1. The van der Waals surface area contributed by atoms with Crippen molar-refractivity contribution in [2.45, 2.75) is 34.3 Å². The van der Waals surface area contributed by atoms with Gasteiger partial charge in [0, 0.05) is 16.7 Å². The highest BCUT2D eigenvalue weighted by Crippen LogP contribution is 2.39. The summed E-state index contributed by atoms with van der Waals surface area (Å²) in [6, 6.07) is 31.9. The van der Waals surface area contributed by atoms with Crippen molar-refractivity contribution in [2.75, 3.05) is 21.3 Å². The van der Waals surface area contributed by atoms with Crippen molar-refractivity contribution < 1.29 is 31.0 Å². The number of aromatic nitrogens is 4. The molecular weight excluding hydrogens is 817 g/mol. The van der Waals surface area contributed by atoms with E-state index >= 15 is 8.42 Å². The molecular formula is C37H34IN5O7S2. The van der Waals surface area contributed by atoms with Crippen molar-refractivity contribution in [1.82, 2.24) is 24.5 Å². The molecule has 12 nitrogen and oxygen atoms in total. The summed E-state index contributed by atoms with van der Waals surface area (Å²) in [7, 11) is -4.37. The number of halogens is 1. The predicted octanol–water partition coefficient (Wildman–Crippen LogP) is 6.24. The lowest BCUT2D eigenvalue weighted by Crippen LogP contribution is -2.32. The van der Waals surface area contributed by atoms with Gasteiger partial charge in [0.1, 0.15) is 22.1 Å². The topological polar surface area (TPSA) is 143 Å². The van der Waals surface area contributed by atoms with Gasteiger partial charge in [0.25, 0.3) is 0 Å². The van der Waals surface area contributed by atoms with Crippen LogP contribution in [0.15, 0.2) is 130 Å². The van der Waals surface area contributed by atoms with E-state index in [-0.39, 0.29) is 35.9 Å². The van der Waals surface area contributed by atoms with Crippen LogP contribution in [0.3, 0.4) is 0 Å². The Morgan fingerprint density at radius 3 is 1.65 bits per heavy atom. The lowest BCUT2D eigenvalue weighted by molar-refractivity contribution is 0.396. The van der Waals surface area contributed by atoms with Crippen molar-refractivity contribution in [3.8, 4) is 28.6 Å². The van der Waals surface area contributed by atoms with Gasteiger partial charge >= 0.3 is 0 Å². The monoisotopic (exact) mass is 851 g/mol. The Hall–Kier alpha value is -4.84. The Labute approximate surface area is 316 Å². The fraction of sp³-hybridized carbons (Fsp3) is 0.162. The van der Waals surface area contributed by atoms with Gasteiger partial charge in [-0.15, -0.1) is 10.2 Å². The van der Waals surface area contributed by atoms with Crippen molar-refractivity contribution in [3.63, 3.8) is 0 Å². The van der Waals surface area contributed by atoms with E-state index in [0.29, 0.717) is 31.9 Å². The number of rotatable bonds is 14. The molecule has 0 spiro atoms. The Kier molecular flexibility index (Phi) is 11.2. The molecule has 0 aliphatic heterocycles. The molecule has 0 unspecified atom stereocenters. The Balaban J connectivity index is 1.53. The van der Waals surface area contributed by atoms with Crippen LogP contribution in [-0.2, 0) is 39.5 Å². The van der Waals surface area contributed by atoms with Gasteiger partial charge in [0.05, 0.1) is 43.2 Å². The van der Waals surface area contributed by atoms with Crippen LogP contribution in [-0.4, -0.2) is 62.7 Å². The molecule has 0 fully saturated rings. The molecule has 0 aliphatic carbocycles.